The zero-order valence-electron chi connectivity index (χ0n) is 12.3. The van der Waals surface area contributed by atoms with E-state index in [1.165, 1.54) is 5.56 Å². The Kier molecular flexibility index (Phi) is 4.44. The van der Waals surface area contributed by atoms with Crippen LogP contribution in [0.3, 0.4) is 0 Å². The summed E-state index contributed by atoms with van der Waals surface area (Å²) in [4.78, 5) is 0. The Bertz CT molecular complexity index is 738. The summed E-state index contributed by atoms with van der Waals surface area (Å²) in [6.07, 6.45) is 0.912. The highest BCUT2D eigenvalue weighted by Crippen LogP contribution is 2.23. The fraction of sp³-hybridized carbons (Fsp3) is 0.176. The monoisotopic (exact) mass is 311 g/mol. The van der Waals surface area contributed by atoms with Crippen LogP contribution in [0.2, 0.25) is 0 Å². The van der Waals surface area contributed by atoms with Gasteiger partial charge >= 0.3 is 0 Å². The van der Waals surface area contributed by atoms with Crippen molar-refractivity contribution in [3.8, 4) is 17.1 Å². The largest absolute Gasteiger partial charge is 0.497 e. The van der Waals surface area contributed by atoms with Crippen molar-refractivity contribution in [3.63, 3.8) is 0 Å². The minimum atomic E-state index is 0.627. The maximum Gasteiger partial charge on any atom is 0.188 e. The molecule has 0 unspecified atom stereocenters. The Morgan fingerprint density at radius 3 is 2.41 bits per heavy atom. The molecule has 0 N–H and O–H groups in total. The normalized spacial score (nSPS) is 10.6. The van der Waals surface area contributed by atoms with Crippen molar-refractivity contribution in [2.75, 3.05) is 7.11 Å². The van der Waals surface area contributed by atoms with E-state index in [4.69, 9.17) is 4.74 Å². The second-order valence-corrected chi connectivity index (χ2v) is 5.34. The summed E-state index contributed by atoms with van der Waals surface area (Å²) in [5.41, 5.74) is 2.28. The molecule has 22 heavy (non-hydrogen) atoms. The lowest BCUT2D eigenvalue weighted by Gasteiger charge is -2.09. The predicted molar refractivity (Wildman–Crippen MR) is 89.4 cm³/mol. The number of hydrogen-bond acceptors (Lipinski definition) is 4. The number of aromatic nitrogens is 3. The van der Waals surface area contributed by atoms with Crippen LogP contribution in [0, 0.1) is 0 Å². The molecule has 0 radical (unpaired) electrons. The maximum atomic E-state index is 5.19. The van der Waals surface area contributed by atoms with Crippen molar-refractivity contribution in [1.29, 1.82) is 0 Å². The second kappa shape index (κ2) is 6.66. The molecule has 0 aliphatic rings. The molecule has 0 aliphatic heterocycles. The first-order valence-corrected chi connectivity index (χ1v) is 7.53. The van der Waals surface area contributed by atoms with Crippen molar-refractivity contribution in [2.45, 2.75) is 18.1 Å². The van der Waals surface area contributed by atoms with E-state index in [0.29, 0.717) is 5.16 Å². The molecular weight excluding hydrogens is 294 g/mol. The van der Waals surface area contributed by atoms with Crippen LogP contribution < -0.4 is 4.74 Å². The van der Waals surface area contributed by atoms with E-state index in [1.807, 2.05) is 47.0 Å². The lowest BCUT2D eigenvalue weighted by molar-refractivity contribution is 0.415. The number of nitrogens with zero attached hydrogens (tertiary/aromatic N) is 3. The fourth-order valence-electron chi connectivity index (χ4n) is 2.34. The zero-order chi connectivity index (χ0) is 15.4. The van der Waals surface area contributed by atoms with Crippen LogP contribution in [0.1, 0.15) is 5.56 Å². The summed E-state index contributed by atoms with van der Waals surface area (Å²) >= 11 is 4.42. The first-order valence-electron chi connectivity index (χ1n) is 7.08. The van der Waals surface area contributed by atoms with Gasteiger partial charge in [0.25, 0.3) is 0 Å². The van der Waals surface area contributed by atoms with Crippen LogP contribution in [0.15, 0.2) is 59.8 Å². The van der Waals surface area contributed by atoms with Gasteiger partial charge < -0.3 is 9.30 Å². The average molecular weight is 311 g/mol. The van der Waals surface area contributed by atoms with E-state index < -0.39 is 0 Å². The Morgan fingerprint density at radius 2 is 1.73 bits per heavy atom. The van der Waals surface area contributed by atoms with Crippen molar-refractivity contribution in [1.82, 2.24) is 14.8 Å². The van der Waals surface area contributed by atoms with Crippen LogP contribution in [0.5, 0.6) is 5.75 Å². The van der Waals surface area contributed by atoms with Crippen LogP contribution in [-0.2, 0) is 13.0 Å². The summed E-state index contributed by atoms with van der Waals surface area (Å²) in [6, 6.07) is 18.2. The minimum Gasteiger partial charge on any atom is -0.497 e. The molecule has 0 bridgehead atoms. The molecule has 0 saturated heterocycles. The minimum absolute atomic E-state index is 0.627. The highest BCUT2D eigenvalue weighted by atomic mass is 32.1. The molecule has 0 fully saturated rings. The molecule has 1 heterocycles. The number of benzene rings is 2. The molecular formula is C17H17N3OS. The molecule has 5 heteroatoms. The number of aryl methyl sites for hydroxylation is 1. The summed E-state index contributed by atoms with van der Waals surface area (Å²) in [5.74, 6) is 1.65. The van der Waals surface area contributed by atoms with Crippen molar-refractivity contribution in [3.05, 3.63) is 60.2 Å². The molecule has 0 atom stereocenters. The van der Waals surface area contributed by atoms with Gasteiger partial charge in [-0.15, -0.1) is 22.8 Å². The topological polar surface area (TPSA) is 39.9 Å². The quantitative estimate of drug-likeness (QED) is 0.733. The number of ether oxygens (including phenoxy) is 1. The first-order chi connectivity index (χ1) is 10.8. The molecule has 3 rings (SSSR count). The number of rotatable bonds is 5. The lowest BCUT2D eigenvalue weighted by atomic mass is 10.1. The molecule has 0 saturated carbocycles. The van der Waals surface area contributed by atoms with Gasteiger partial charge in [0.15, 0.2) is 11.0 Å². The smallest absolute Gasteiger partial charge is 0.188 e. The standard InChI is InChI=1S/C17H17N3OS/c1-21-15-9-7-14(8-10-15)16-18-19-17(22)20(16)12-11-13-5-3-2-4-6-13/h2-10H,11-12H2,1H3,(H,19,22). The fourth-order valence-corrected chi connectivity index (χ4v) is 2.58. The first kappa shape index (κ1) is 14.7. The molecule has 3 aromatic rings. The highest BCUT2D eigenvalue weighted by molar-refractivity contribution is 7.80. The summed E-state index contributed by atoms with van der Waals surface area (Å²) < 4.78 is 7.21. The van der Waals surface area contributed by atoms with Crippen LogP contribution in [-0.4, -0.2) is 21.9 Å². The zero-order valence-corrected chi connectivity index (χ0v) is 13.2. The van der Waals surface area contributed by atoms with Gasteiger partial charge in [-0.1, -0.05) is 30.3 Å². The molecule has 0 spiro atoms. The second-order valence-electron chi connectivity index (χ2n) is 4.94. The molecule has 0 aliphatic carbocycles. The number of methoxy groups -OCH3 is 1. The maximum absolute atomic E-state index is 5.19. The van der Waals surface area contributed by atoms with Crippen molar-refractivity contribution >= 4 is 12.6 Å². The SMILES string of the molecule is COc1ccc(-c2nnc(S)n2CCc2ccccc2)cc1. The van der Waals surface area contributed by atoms with Crippen molar-refractivity contribution < 1.29 is 4.74 Å². The predicted octanol–water partition coefficient (Wildman–Crippen LogP) is 3.49. The molecule has 1 aromatic heterocycles. The van der Waals surface area contributed by atoms with E-state index in [1.54, 1.807) is 7.11 Å². The third kappa shape index (κ3) is 3.14. The Labute approximate surface area is 135 Å². The molecule has 2 aromatic carbocycles. The van der Waals surface area contributed by atoms with Crippen LogP contribution in [0.4, 0.5) is 0 Å². The van der Waals surface area contributed by atoms with Gasteiger partial charge in [-0.2, -0.15) is 0 Å². The van der Waals surface area contributed by atoms with E-state index >= 15 is 0 Å². The van der Waals surface area contributed by atoms with E-state index in [-0.39, 0.29) is 0 Å². The van der Waals surface area contributed by atoms with Gasteiger partial charge in [-0.05, 0) is 36.2 Å². The molecule has 0 amide bonds. The average Bonchev–Trinajstić information content (AvgIpc) is 2.95. The summed E-state index contributed by atoms with van der Waals surface area (Å²) in [6.45, 7) is 0.789. The highest BCUT2D eigenvalue weighted by Gasteiger charge is 2.11. The lowest BCUT2D eigenvalue weighted by Crippen LogP contribution is -2.04. The van der Waals surface area contributed by atoms with E-state index in [9.17, 15) is 0 Å². The number of thiol groups is 1. The van der Waals surface area contributed by atoms with Gasteiger partial charge in [0.05, 0.1) is 7.11 Å². The Hall–Kier alpha value is -2.27. The summed E-state index contributed by atoms with van der Waals surface area (Å²) in [5, 5.41) is 8.97. The molecule has 4 nitrogen and oxygen atoms in total. The van der Waals surface area contributed by atoms with E-state index in [0.717, 1.165) is 30.1 Å². The third-order valence-corrected chi connectivity index (χ3v) is 3.88. The van der Waals surface area contributed by atoms with Gasteiger partial charge in [-0.3, -0.25) is 0 Å². The van der Waals surface area contributed by atoms with Crippen LogP contribution in [0.25, 0.3) is 11.4 Å². The van der Waals surface area contributed by atoms with Gasteiger partial charge in [-0.25, -0.2) is 0 Å². The van der Waals surface area contributed by atoms with Crippen LogP contribution >= 0.6 is 12.6 Å². The van der Waals surface area contributed by atoms with E-state index in [2.05, 4.69) is 35.0 Å². The van der Waals surface area contributed by atoms with Gasteiger partial charge in [0, 0.05) is 12.1 Å². The number of hydrogen-bond donors (Lipinski definition) is 1. The Balaban J connectivity index is 1.83. The van der Waals surface area contributed by atoms with Crippen molar-refractivity contribution in [2.24, 2.45) is 0 Å². The summed E-state index contributed by atoms with van der Waals surface area (Å²) in [7, 11) is 1.66. The Morgan fingerprint density at radius 1 is 1.00 bits per heavy atom. The van der Waals surface area contributed by atoms with Gasteiger partial charge in [0.1, 0.15) is 5.75 Å². The molecule has 112 valence electrons. The van der Waals surface area contributed by atoms with Gasteiger partial charge in [0.2, 0.25) is 0 Å². The third-order valence-electron chi connectivity index (χ3n) is 3.55.